The van der Waals surface area contributed by atoms with E-state index in [1.807, 2.05) is 204 Å². The van der Waals surface area contributed by atoms with Crippen molar-refractivity contribution in [2.45, 2.75) is 220 Å². The molecule has 9 heterocycles. The number of nitrogens with zero attached hydrogens (tertiary/aromatic N) is 6. The Morgan fingerprint density at radius 3 is 1.33 bits per heavy atom. The number of allylic oxidation sites excluding steroid dienone is 1. The van der Waals surface area contributed by atoms with Crippen LogP contribution in [0.5, 0.6) is 0 Å². The molecule has 123 heavy (non-hydrogen) atoms. The standard InChI is InChI=1S/C34H41N5O5.C32H37N5O5.C28H36N6O3/c1-19(2)29-30(40)36-20(3)31(41)39-14-8-11-27(38-39)32(42)44-21(4)22-12-13-24-18-35-28(17-25(24)15-22)23-9-7-10-26(16-23)34(5,6)33(43)37-29;1-18(2)29-30(39)34-19(3)31(40)37-12-6-9-26(36-37)32(41)42-20(4)22-10-11-24-17-33-27(16-25(24)15-22)23-8-5-7-21(13-23)14-28(38)35-29;1-16(2)25-27(36)32-19(5)28(37)34-12-6-7-24(33-34)26(35)31-18(4)20-9-10-21-15-29-23(14-22(21)13-20)11-8-17(3)30-25/h7,9-10,12-13,15-21,27,29,38H,8,11,14H2,1-6H3,(H,36,40)(H,37,43);5,7-8,10-11,13,15-20,26,29,36H,6,9,12,14H2,1-4H3,(H,34,39)(H,35,38);8-11,13-16,18-19,24-25,30,33H,3,6-7,12H2,1-2,4-5H3,(H,31,35)(H,32,36)/b;;11-8-/t20-,21+,27?,29-;19-,20+,26-,29-;18-,19+,24+,25+/m001/s1. The van der Waals surface area contributed by atoms with Crippen molar-refractivity contribution >= 4 is 103 Å². The van der Waals surface area contributed by atoms with Gasteiger partial charge in [0, 0.05) is 71.2 Å². The van der Waals surface area contributed by atoms with Gasteiger partial charge in [-0.15, -0.1) is 0 Å². The number of hydrazine groups is 3. The number of ether oxygens (including phenoxy) is 2. The van der Waals surface area contributed by atoms with Crippen LogP contribution >= 0.6 is 0 Å². The van der Waals surface area contributed by atoms with Crippen LogP contribution in [0.4, 0.5) is 0 Å². The molecule has 3 saturated heterocycles. The Labute approximate surface area is 717 Å². The van der Waals surface area contributed by atoms with Crippen LogP contribution in [0.3, 0.4) is 0 Å². The van der Waals surface area contributed by atoms with E-state index in [1.54, 1.807) is 39.2 Å². The third-order valence-electron chi connectivity index (χ3n) is 23.4. The van der Waals surface area contributed by atoms with Crippen LogP contribution in [-0.2, 0) is 74.0 Å². The van der Waals surface area contributed by atoms with E-state index < -0.39 is 95.8 Å². The maximum Gasteiger partial charge on any atom is 0.325 e. The fourth-order valence-corrected chi connectivity index (χ4v) is 15.7. The molecule has 0 saturated carbocycles. The van der Waals surface area contributed by atoms with Crippen LogP contribution in [0.2, 0.25) is 0 Å². The number of carbonyl (C=O) groups excluding carboxylic acids is 11. The zero-order valence-electron chi connectivity index (χ0n) is 72.4. The van der Waals surface area contributed by atoms with Crippen molar-refractivity contribution in [1.29, 1.82) is 0 Å². The van der Waals surface area contributed by atoms with Crippen molar-refractivity contribution in [2.24, 2.45) is 17.8 Å². The van der Waals surface area contributed by atoms with Gasteiger partial charge in [-0.25, -0.2) is 16.3 Å². The molecule has 0 radical (unpaired) electrons. The Bertz CT molecular complexity index is 5400. The first-order valence-electron chi connectivity index (χ1n) is 42.5. The smallest absolute Gasteiger partial charge is 0.325 e. The molecule has 19 bridgehead atoms. The molecule has 3 fully saturated rings. The lowest BCUT2D eigenvalue weighted by atomic mass is 9.82. The average Bonchev–Trinajstić information content (AvgIpc) is 0.789. The fourth-order valence-electron chi connectivity index (χ4n) is 15.7. The molecular weight excluding hydrogens is 1560 g/mol. The summed E-state index contributed by atoms with van der Waals surface area (Å²) >= 11 is 0. The molecule has 6 aliphatic heterocycles. The molecule has 29 nitrogen and oxygen atoms in total. The Balaban J connectivity index is 0.000000169. The van der Waals surface area contributed by atoms with Crippen LogP contribution in [0.15, 0.2) is 158 Å². The molecule has 0 spiro atoms. The number of fused-ring (bicyclic) bond motifs is 18. The molecule has 8 aromatic rings. The minimum atomic E-state index is -0.974. The van der Waals surface area contributed by atoms with Crippen molar-refractivity contribution in [2.75, 3.05) is 19.6 Å². The predicted octanol–water partition coefficient (Wildman–Crippen LogP) is 9.71. The van der Waals surface area contributed by atoms with Gasteiger partial charge in [-0.05, 0) is 216 Å². The highest BCUT2D eigenvalue weighted by molar-refractivity contribution is 5.97. The summed E-state index contributed by atoms with van der Waals surface area (Å²) in [4.78, 5) is 159. The van der Waals surface area contributed by atoms with E-state index in [4.69, 9.17) is 9.47 Å². The maximum atomic E-state index is 13.7. The molecule has 0 aliphatic carbocycles. The van der Waals surface area contributed by atoms with Crippen LogP contribution in [-0.4, -0.2) is 169 Å². The second-order valence-corrected chi connectivity index (χ2v) is 34.4. The number of cyclic esters (lactones) is 2. The first-order chi connectivity index (χ1) is 58.5. The summed E-state index contributed by atoms with van der Waals surface area (Å²) in [5.41, 5.74) is 16.8. The van der Waals surface area contributed by atoms with Gasteiger partial charge in [-0.2, -0.15) is 0 Å². The predicted molar refractivity (Wildman–Crippen MR) is 468 cm³/mol. The molecule has 10 N–H and O–H groups in total. The lowest BCUT2D eigenvalue weighted by molar-refractivity contribution is -0.158. The van der Waals surface area contributed by atoms with Crippen LogP contribution < -0.4 is 53.5 Å². The average molecular weight is 1680 g/mol. The van der Waals surface area contributed by atoms with E-state index in [0.717, 1.165) is 88.3 Å². The molecule has 12 atom stereocenters. The van der Waals surface area contributed by atoms with Gasteiger partial charge in [-0.3, -0.25) is 82.7 Å². The summed E-state index contributed by atoms with van der Waals surface area (Å²) in [6.45, 7) is 30.6. The van der Waals surface area contributed by atoms with Crippen molar-refractivity contribution in [3.63, 3.8) is 0 Å². The highest BCUT2D eigenvalue weighted by atomic mass is 16.5. The number of amides is 9. The summed E-state index contributed by atoms with van der Waals surface area (Å²) in [6.07, 6.45) is 11.6. The molecule has 14 rings (SSSR count). The summed E-state index contributed by atoms with van der Waals surface area (Å²) in [5, 5.41) is 30.3. The topological polar surface area (TPSA) is 375 Å². The van der Waals surface area contributed by atoms with Gasteiger partial charge in [0.05, 0.1) is 35.0 Å². The lowest BCUT2D eigenvalue weighted by Gasteiger charge is -2.35. The highest BCUT2D eigenvalue weighted by Crippen LogP contribution is 2.34. The summed E-state index contributed by atoms with van der Waals surface area (Å²) in [6, 6.07) is 32.0. The molecule has 3 aromatic heterocycles. The van der Waals surface area contributed by atoms with E-state index >= 15 is 0 Å². The second-order valence-electron chi connectivity index (χ2n) is 34.4. The first-order valence-corrected chi connectivity index (χ1v) is 42.5. The maximum absolute atomic E-state index is 13.7. The number of esters is 2. The van der Waals surface area contributed by atoms with E-state index in [1.165, 1.54) is 15.0 Å². The van der Waals surface area contributed by atoms with E-state index in [-0.39, 0.29) is 71.6 Å². The Morgan fingerprint density at radius 2 is 0.829 bits per heavy atom. The SMILES string of the molecule is C=C1/C=C\c2cc3cc(ccc3cn2)[C@@H](C)NC(=O)[C@@H]2CCCN(N2)C(=O)[C@H](C)NC(=O)[C@H](C(C)C)N1.CC(C)[C@@H]1NC(=O)C(C)(C)c2cccc(c2)-c2cc3cc(ccc3cn2)[C@@H](C)OC(=O)C2CCCN(N2)C(=O)[C@H](C)NC1=O.CC(C)[C@@H]1NC(=O)Cc2cccc(c2)-c2cc3cc(ccc3cn2)[C@@H](C)OC(=O)[C@@H]2CCCN(N2)C(=O)[C@H](C)NC1=O. The molecular formula is C94H114N16O13. The fraction of sp³-hybridized carbons (Fsp3) is 0.426. The number of nitrogens with one attached hydrogen (secondary N) is 10. The highest BCUT2D eigenvalue weighted by Gasteiger charge is 2.40. The summed E-state index contributed by atoms with van der Waals surface area (Å²) in [5.74, 6) is -4.43. The van der Waals surface area contributed by atoms with E-state index in [0.29, 0.717) is 63.9 Å². The Hall–Kier alpha value is -12.3. The Morgan fingerprint density at radius 1 is 0.415 bits per heavy atom. The van der Waals surface area contributed by atoms with Gasteiger partial charge in [0.2, 0.25) is 35.4 Å². The lowest BCUT2D eigenvalue weighted by Crippen LogP contribution is -2.61. The van der Waals surface area contributed by atoms with Gasteiger partial charge in [0.25, 0.3) is 17.7 Å². The van der Waals surface area contributed by atoms with Gasteiger partial charge in [0.1, 0.15) is 66.6 Å². The normalized spacial score (nSPS) is 25.2. The molecule has 648 valence electrons. The molecule has 5 aromatic carbocycles. The monoisotopic (exact) mass is 1670 g/mol. The Kier molecular flexibility index (Phi) is 28.7. The first kappa shape index (κ1) is 89.9. The largest absolute Gasteiger partial charge is 0.457 e. The van der Waals surface area contributed by atoms with Gasteiger partial charge in [-0.1, -0.05) is 121 Å². The quantitative estimate of drug-likeness (QED) is 0.0735. The summed E-state index contributed by atoms with van der Waals surface area (Å²) < 4.78 is 11.7. The molecule has 6 aliphatic rings. The molecule has 29 heteroatoms. The van der Waals surface area contributed by atoms with Gasteiger partial charge in [0.15, 0.2) is 0 Å². The minimum Gasteiger partial charge on any atom is -0.457 e. The van der Waals surface area contributed by atoms with Crippen molar-refractivity contribution < 1.29 is 62.2 Å². The number of rotatable bonds is 3. The third kappa shape index (κ3) is 21.9. The number of carbonyl (C=O) groups is 11. The van der Waals surface area contributed by atoms with Gasteiger partial charge >= 0.3 is 11.9 Å². The van der Waals surface area contributed by atoms with Gasteiger partial charge < -0.3 is 46.7 Å². The van der Waals surface area contributed by atoms with Crippen LogP contribution in [0.1, 0.15) is 187 Å². The minimum absolute atomic E-state index is 0.0503. The number of hydrogen-bond acceptors (Lipinski definition) is 20. The molecule has 1 unspecified atom stereocenters. The second kappa shape index (κ2) is 39.2. The number of benzene rings is 5. The number of aromatic nitrogens is 3. The number of pyridine rings is 3. The van der Waals surface area contributed by atoms with E-state index in [2.05, 4.69) is 81.1 Å². The van der Waals surface area contributed by atoms with Crippen molar-refractivity contribution in [3.8, 4) is 22.5 Å². The van der Waals surface area contributed by atoms with E-state index in [9.17, 15) is 52.7 Å². The zero-order chi connectivity index (χ0) is 88.4. The van der Waals surface area contributed by atoms with Crippen LogP contribution in [0, 0.1) is 17.8 Å². The van der Waals surface area contributed by atoms with Crippen molar-refractivity contribution in [1.82, 2.24) is 83.5 Å². The third-order valence-corrected chi connectivity index (χ3v) is 23.4. The zero-order valence-corrected chi connectivity index (χ0v) is 72.4. The van der Waals surface area contributed by atoms with Crippen molar-refractivity contribution in [3.05, 3.63) is 192 Å². The van der Waals surface area contributed by atoms with Crippen LogP contribution in [0.25, 0.3) is 60.9 Å². The molecule has 9 amide bonds. The summed E-state index contributed by atoms with van der Waals surface area (Å²) in [7, 11) is 0. The number of hydrogen-bond donors (Lipinski definition) is 10.